The van der Waals surface area contributed by atoms with Crippen molar-refractivity contribution in [3.8, 4) is 6.07 Å². The lowest BCUT2D eigenvalue weighted by molar-refractivity contribution is 1.25. The summed E-state index contributed by atoms with van der Waals surface area (Å²) in [5.74, 6) is 0. The highest BCUT2D eigenvalue weighted by atomic mass is 14.9. The fourth-order valence-electron chi connectivity index (χ4n) is 2.01. The van der Waals surface area contributed by atoms with Gasteiger partial charge in [0, 0.05) is 11.6 Å². The lowest BCUT2D eigenvalue weighted by Gasteiger charge is -1.94. The largest absolute Gasteiger partial charge is 0.315 e. The van der Waals surface area contributed by atoms with Gasteiger partial charge in [0.05, 0.1) is 16.6 Å². The third kappa shape index (κ3) is 0.976. The molecule has 15 heavy (non-hydrogen) atoms. The second kappa shape index (κ2) is 2.86. The first-order valence-corrected chi connectivity index (χ1v) is 4.80. The van der Waals surface area contributed by atoms with Crippen molar-refractivity contribution < 1.29 is 0 Å². The van der Waals surface area contributed by atoms with Crippen LogP contribution in [-0.4, -0.2) is 4.40 Å². The molecule has 0 amide bonds. The average Bonchev–Trinajstić information content (AvgIpc) is 2.63. The number of nitrogens with zero attached hydrogens (tertiary/aromatic N) is 2. The molecule has 70 valence electrons. The van der Waals surface area contributed by atoms with Crippen LogP contribution >= 0.6 is 0 Å². The molecule has 0 atom stereocenters. The maximum absolute atomic E-state index is 9.16. The van der Waals surface area contributed by atoms with Crippen molar-refractivity contribution in [2.45, 2.75) is 0 Å². The second-order valence-corrected chi connectivity index (χ2v) is 3.46. The second-order valence-electron chi connectivity index (χ2n) is 3.46. The summed E-state index contributed by atoms with van der Waals surface area (Å²) in [6, 6.07) is 16.1. The zero-order valence-corrected chi connectivity index (χ0v) is 8.01. The number of hydrogen-bond donors (Lipinski definition) is 0. The normalized spacial score (nSPS) is 10.6. The molecule has 0 bridgehead atoms. The smallest absolute Gasteiger partial charge is 0.102 e. The van der Waals surface area contributed by atoms with Gasteiger partial charge in [-0.05, 0) is 18.2 Å². The summed E-state index contributed by atoms with van der Waals surface area (Å²) in [5, 5.41) is 10.2. The number of nitriles is 1. The van der Waals surface area contributed by atoms with Gasteiger partial charge in [-0.15, -0.1) is 0 Å². The average molecular weight is 192 g/mol. The Hall–Kier alpha value is -2.27. The molecule has 2 nitrogen and oxygen atoms in total. The molecular weight excluding hydrogens is 184 g/mol. The SMILES string of the molecule is N#Cc1c2ccccc2n2ccccc12. The fourth-order valence-corrected chi connectivity index (χ4v) is 2.01. The van der Waals surface area contributed by atoms with Gasteiger partial charge in [-0.1, -0.05) is 24.3 Å². The van der Waals surface area contributed by atoms with Crippen molar-refractivity contribution in [3.63, 3.8) is 0 Å². The molecule has 0 aliphatic rings. The molecule has 0 unspecified atom stereocenters. The fraction of sp³-hybridized carbons (Fsp3) is 0. The van der Waals surface area contributed by atoms with E-state index in [9.17, 15) is 0 Å². The highest BCUT2D eigenvalue weighted by Crippen LogP contribution is 2.25. The lowest BCUT2D eigenvalue weighted by Crippen LogP contribution is -1.80. The molecular formula is C13H8N2. The molecule has 3 rings (SSSR count). The van der Waals surface area contributed by atoms with E-state index in [1.807, 2.05) is 53.1 Å². The Morgan fingerprint density at radius 2 is 1.67 bits per heavy atom. The van der Waals surface area contributed by atoms with E-state index in [4.69, 9.17) is 5.26 Å². The van der Waals surface area contributed by atoms with Crippen molar-refractivity contribution >= 4 is 16.4 Å². The predicted octanol–water partition coefficient (Wildman–Crippen LogP) is 2.96. The summed E-state index contributed by atoms with van der Waals surface area (Å²) in [5.41, 5.74) is 2.82. The Kier molecular flexibility index (Phi) is 1.54. The minimum absolute atomic E-state index is 0.756. The third-order valence-electron chi connectivity index (χ3n) is 2.66. The Balaban J connectivity index is 2.70. The Labute approximate surface area is 87.0 Å². The first kappa shape index (κ1) is 8.07. The van der Waals surface area contributed by atoms with Gasteiger partial charge in [0.25, 0.3) is 0 Å². The van der Waals surface area contributed by atoms with Crippen LogP contribution in [-0.2, 0) is 0 Å². The van der Waals surface area contributed by atoms with E-state index in [0.29, 0.717) is 0 Å². The number of hydrogen-bond acceptors (Lipinski definition) is 1. The van der Waals surface area contributed by atoms with Gasteiger partial charge in [0.2, 0.25) is 0 Å². The van der Waals surface area contributed by atoms with Crippen LogP contribution in [0.25, 0.3) is 16.4 Å². The molecule has 0 saturated heterocycles. The van der Waals surface area contributed by atoms with Gasteiger partial charge in [-0.3, -0.25) is 0 Å². The van der Waals surface area contributed by atoms with Crippen molar-refractivity contribution in [1.29, 1.82) is 5.26 Å². The first-order valence-electron chi connectivity index (χ1n) is 4.80. The van der Waals surface area contributed by atoms with E-state index in [0.717, 1.165) is 22.0 Å². The highest BCUT2D eigenvalue weighted by molar-refractivity contribution is 5.94. The topological polar surface area (TPSA) is 28.2 Å². The molecule has 0 saturated carbocycles. The number of fused-ring (bicyclic) bond motifs is 3. The minimum Gasteiger partial charge on any atom is -0.315 e. The molecule has 2 aromatic heterocycles. The Morgan fingerprint density at radius 1 is 0.933 bits per heavy atom. The number of para-hydroxylation sites is 1. The van der Waals surface area contributed by atoms with Gasteiger partial charge >= 0.3 is 0 Å². The van der Waals surface area contributed by atoms with Crippen LogP contribution in [0, 0.1) is 11.3 Å². The zero-order chi connectivity index (χ0) is 10.3. The van der Waals surface area contributed by atoms with Crippen molar-refractivity contribution in [3.05, 3.63) is 54.2 Å². The van der Waals surface area contributed by atoms with Crippen LogP contribution in [0.5, 0.6) is 0 Å². The van der Waals surface area contributed by atoms with Gasteiger partial charge in [-0.25, -0.2) is 0 Å². The molecule has 0 fully saturated rings. The molecule has 1 aromatic carbocycles. The molecule has 0 aliphatic carbocycles. The zero-order valence-electron chi connectivity index (χ0n) is 8.01. The monoisotopic (exact) mass is 192 g/mol. The molecule has 3 aromatic rings. The highest BCUT2D eigenvalue weighted by Gasteiger charge is 2.08. The molecule has 0 aliphatic heterocycles. The molecule has 0 spiro atoms. The summed E-state index contributed by atoms with van der Waals surface area (Å²) >= 11 is 0. The van der Waals surface area contributed by atoms with Crippen LogP contribution in [0.15, 0.2) is 48.7 Å². The number of rotatable bonds is 0. The summed E-state index contributed by atoms with van der Waals surface area (Å²) < 4.78 is 2.05. The summed E-state index contributed by atoms with van der Waals surface area (Å²) in [4.78, 5) is 0. The van der Waals surface area contributed by atoms with Gasteiger partial charge in [0.1, 0.15) is 6.07 Å². The van der Waals surface area contributed by atoms with Crippen LogP contribution in [0.2, 0.25) is 0 Å². The van der Waals surface area contributed by atoms with Gasteiger partial charge < -0.3 is 4.40 Å². The quantitative estimate of drug-likeness (QED) is 0.538. The Bertz CT molecular complexity index is 633. The van der Waals surface area contributed by atoms with E-state index in [2.05, 4.69) is 6.07 Å². The number of aromatic nitrogens is 1. The number of benzene rings is 1. The van der Waals surface area contributed by atoms with Crippen LogP contribution in [0.3, 0.4) is 0 Å². The van der Waals surface area contributed by atoms with E-state index in [-0.39, 0.29) is 0 Å². The van der Waals surface area contributed by atoms with Crippen LogP contribution in [0.4, 0.5) is 0 Å². The first-order chi connectivity index (χ1) is 7.42. The lowest BCUT2D eigenvalue weighted by atomic mass is 10.2. The van der Waals surface area contributed by atoms with E-state index in [1.165, 1.54) is 0 Å². The van der Waals surface area contributed by atoms with E-state index < -0.39 is 0 Å². The number of pyridine rings is 1. The van der Waals surface area contributed by atoms with Gasteiger partial charge in [0.15, 0.2) is 0 Å². The molecule has 0 N–H and O–H groups in total. The van der Waals surface area contributed by atoms with Crippen LogP contribution in [0.1, 0.15) is 5.56 Å². The van der Waals surface area contributed by atoms with Crippen molar-refractivity contribution in [2.24, 2.45) is 0 Å². The summed E-state index contributed by atoms with van der Waals surface area (Å²) in [6.45, 7) is 0. The summed E-state index contributed by atoms with van der Waals surface area (Å²) in [6.07, 6.45) is 1.98. The van der Waals surface area contributed by atoms with Gasteiger partial charge in [-0.2, -0.15) is 5.26 Å². The van der Waals surface area contributed by atoms with E-state index >= 15 is 0 Å². The summed E-state index contributed by atoms with van der Waals surface area (Å²) in [7, 11) is 0. The van der Waals surface area contributed by atoms with Crippen molar-refractivity contribution in [1.82, 2.24) is 4.40 Å². The Morgan fingerprint density at radius 3 is 2.53 bits per heavy atom. The minimum atomic E-state index is 0.756. The van der Waals surface area contributed by atoms with E-state index in [1.54, 1.807) is 0 Å². The third-order valence-corrected chi connectivity index (χ3v) is 2.66. The molecule has 2 heteroatoms. The van der Waals surface area contributed by atoms with Crippen molar-refractivity contribution in [2.75, 3.05) is 0 Å². The predicted molar refractivity (Wildman–Crippen MR) is 59.6 cm³/mol. The standard InChI is InChI=1S/C13H8N2/c14-9-11-10-5-1-2-6-12(10)15-8-4-3-7-13(11)15/h1-8H. The van der Waals surface area contributed by atoms with Crippen LogP contribution < -0.4 is 0 Å². The maximum Gasteiger partial charge on any atom is 0.102 e. The maximum atomic E-state index is 9.16. The molecule has 2 heterocycles. The molecule has 0 radical (unpaired) electrons.